The number of para-hydroxylation sites is 1. The fourth-order valence-electron chi connectivity index (χ4n) is 2.26. The highest BCUT2D eigenvalue weighted by molar-refractivity contribution is 5.99. The molecule has 0 radical (unpaired) electrons. The van der Waals surface area contributed by atoms with E-state index in [-0.39, 0.29) is 0 Å². The van der Waals surface area contributed by atoms with Gasteiger partial charge < -0.3 is 9.30 Å². The summed E-state index contributed by atoms with van der Waals surface area (Å²) in [5, 5.41) is 0.901. The molecule has 0 fully saturated rings. The minimum Gasteiger partial charge on any atom is -0.497 e. The molecule has 3 heteroatoms. The Labute approximate surface area is 111 Å². The van der Waals surface area contributed by atoms with E-state index in [1.165, 1.54) is 0 Å². The molecule has 0 saturated carbocycles. The second-order valence-corrected chi connectivity index (χ2v) is 4.29. The van der Waals surface area contributed by atoms with Crippen molar-refractivity contribution in [2.24, 2.45) is 0 Å². The number of hydrogen-bond acceptors (Lipinski definition) is 2. The Morgan fingerprint density at radius 3 is 2.58 bits per heavy atom. The summed E-state index contributed by atoms with van der Waals surface area (Å²) in [6.45, 7) is 0. The van der Waals surface area contributed by atoms with Gasteiger partial charge in [-0.15, -0.1) is 0 Å². The molecule has 3 rings (SSSR count). The normalized spacial score (nSPS) is 10.6. The Hall–Kier alpha value is -2.55. The first kappa shape index (κ1) is 11.5. The highest BCUT2D eigenvalue weighted by atomic mass is 16.5. The van der Waals surface area contributed by atoms with Crippen LogP contribution in [-0.4, -0.2) is 18.0 Å². The van der Waals surface area contributed by atoms with Crippen LogP contribution in [0.5, 0.6) is 5.75 Å². The van der Waals surface area contributed by atoms with Gasteiger partial charge in [0, 0.05) is 22.8 Å². The average molecular weight is 251 g/mol. The van der Waals surface area contributed by atoms with E-state index in [1.807, 2.05) is 59.3 Å². The van der Waals surface area contributed by atoms with Gasteiger partial charge in [0.2, 0.25) is 0 Å². The van der Waals surface area contributed by atoms with Crippen molar-refractivity contribution in [3.05, 3.63) is 60.3 Å². The number of ether oxygens (including phenoxy) is 1. The molecule has 3 nitrogen and oxygen atoms in total. The van der Waals surface area contributed by atoms with Crippen molar-refractivity contribution in [2.75, 3.05) is 7.11 Å². The zero-order valence-corrected chi connectivity index (χ0v) is 10.5. The summed E-state index contributed by atoms with van der Waals surface area (Å²) in [6.07, 6.45) is 2.73. The first-order chi connectivity index (χ1) is 9.33. The number of rotatable bonds is 3. The highest BCUT2D eigenvalue weighted by Crippen LogP contribution is 2.27. The predicted octanol–water partition coefficient (Wildman–Crippen LogP) is 3.45. The third kappa shape index (κ3) is 1.89. The first-order valence-electron chi connectivity index (χ1n) is 6.03. The van der Waals surface area contributed by atoms with Crippen LogP contribution in [0.4, 0.5) is 0 Å². The lowest BCUT2D eigenvalue weighted by atomic mass is 10.2. The number of carbonyl (C=O) groups excluding carboxylic acids is 1. The maximum Gasteiger partial charge on any atom is 0.152 e. The van der Waals surface area contributed by atoms with Crippen LogP contribution < -0.4 is 4.74 Å². The van der Waals surface area contributed by atoms with Crippen LogP contribution in [0.2, 0.25) is 0 Å². The Morgan fingerprint density at radius 2 is 1.89 bits per heavy atom. The molecule has 1 aromatic heterocycles. The van der Waals surface area contributed by atoms with Crippen molar-refractivity contribution in [1.29, 1.82) is 0 Å². The van der Waals surface area contributed by atoms with Crippen molar-refractivity contribution in [2.45, 2.75) is 0 Å². The minimum atomic E-state index is 0.665. The zero-order valence-electron chi connectivity index (χ0n) is 10.5. The van der Waals surface area contributed by atoms with Crippen LogP contribution in [0.25, 0.3) is 16.6 Å². The highest BCUT2D eigenvalue weighted by Gasteiger charge is 2.10. The molecular weight excluding hydrogens is 238 g/mol. The summed E-state index contributed by atoms with van der Waals surface area (Å²) in [4.78, 5) is 11.2. The van der Waals surface area contributed by atoms with Crippen LogP contribution >= 0.6 is 0 Å². The van der Waals surface area contributed by atoms with Gasteiger partial charge in [-0.3, -0.25) is 4.79 Å². The van der Waals surface area contributed by atoms with Crippen molar-refractivity contribution >= 4 is 17.2 Å². The maximum atomic E-state index is 11.2. The van der Waals surface area contributed by atoms with Gasteiger partial charge in [-0.1, -0.05) is 18.2 Å². The summed E-state index contributed by atoms with van der Waals surface area (Å²) in [5.41, 5.74) is 2.69. The van der Waals surface area contributed by atoms with E-state index < -0.39 is 0 Å². The number of hydrogen-bond donors (Lipinski definition) is 0. The average Bonchev–Trinajstić information content (AvgIpc) is 2.86. The van der Waals surface area contributed by atoms with Crippen LogP contribution in [0.1, 0.15) is 10.4 Å². The van der Waals surface area contributed by atoms with Crippen molar-refractivity contribution in [1.82, 2.24) is 4.57 Å². The Kier molecular flexibility index (Phi) is 2.80. The number of aromatic nitrogens is 1. The topological polar surface area (TPSA) is 31.2 Å². The van der Waals surface area contributed by atoms with E-state index in [0.717, 1.165) is 28.6 Å². The standard InChI is InChI=1S/C16H13NO2/c1-19-14-7-8-16-15(9-14)12(11-18)10-17(16)13-5-3-2-4-6-13/h2-11H,1H3. The molecular formula is C16H13NO2. The summed E-state index contributed by atoms with van der Waals surface area (Å²) in [6, 6.07) is 15.7. The first-order valence-corrected chi connectivity index (χ1v) is 6.03. The van der Waals surface area contributed by atoms with Crippen molar-refractivity contribution in [3.8, 4) is 11.4 Å². The molecule has 3 aromatic rings. The largest absolute Gasteiger partial charge is 0.497 e. The second-order valence-electron chi connectivity index (χ2n) is 4.29. The summed E-state index contributed by atoms with van der Waals surface area (Å²) in [5.74, 6) is 0.751. The van der Waals surface area contributed by atoms with Gasteiger partial charge >= 0.3 is 0 Å². The summed E-state index contributed by atoms with van der Waals surface area (Å²) in [7, 11) is 1.62. The third-order valence-electron chi connectivity index (χ3n) is 3.20. The molecule has 2 aromatic carbocycles. The number of nitrogens with zero attached hydrogens (tertiary/aromatic N) is 1. The van der Waals surface area contributed by atoms with E-state index in [2.05, 4.69) is 0 Å². The molecule has 0 saturated heterocycles. The van der Waals surface area contributed by atoms with Crippen LogP contribution in [-0.2, 0) is 0 Å². The number of fused-ring (bicyclic) bond motifs is 1. The molecule has 0 aliphatic rings. The van der Waals surface area contributed by atoms with Crippen molar-refractivity contribution in [3.63, 3.8) is 0 Å². The van der Waals surface area contributed by atoms with E-state index in [0.29, 0.717) is 5.56 Å². The fourth-order valence-corrected chi connectivity index (χ4v) is 2.26. The van der Waals surface area contributed by atoms with Gasteiger partial charge in [-0.25, -0.2) is 0 Å². The lowest BCUT2D eigenvalue weighted by Gasteiger charge is -2.05. The number of methoxy groups -OCH3 is 1. The Bertz CT molecular complexity index is 729. The molecule has 0 N–H and O–H groups in total. The maximum absolute atomic E-state index is 11.2. The van der Waals surface area contributed by atoms with Gasteiger partial charge in [0.25, 0.3) is 0 Å². The SMILES string of the molecule is COc1ccc2c(c1)c(C=O)cn2-c1ccccc1. The Morgan fingerprint density at radius 1 is 1.11 bits per heavy atom. The Balaban J connectivity index is 2.29. The van der Waals surface area contributed by atoms with Crippen LogP contribution in [0, 0.1) is 0 Å². The number of aldehydes is 1. The smallest absolute Gasteiger partial charge is 0.152 e. The van der Waals surface area contributed by atoms with Gasteiger partial charge in [0.05, 0.1) is 12.6 Å². The van der Waals surface area contributed by atoms with Crippen molar-refractivity contribution < 1.29 is 9.53 Å². The lowest BCUT2D eigenvalue weighted by Crippen LogP contribution is -1.90. The summed E-state index contributed by atoms with van der Waals surface area (Å²) < 4.78 is 7.22. The number of carbonyl (C=O) groups is 1. The molecule has 19 heavy (non-hydrogen) atoms. The molecule has 0 aliphatic carbocycles. The van der Waals surface area contributed by atoms with Gasteiger partial charge in [0.15, 0.2) is 6.29 Å². The predicted molar refractivity (Wildman–Crippen MR) is 75.2 cm³/mol. The van der Waals surface area contributed by atoms with Gasteiger partial charge in [0.1, 0.15) is 5.75 Å². The monoisotopic (exact) mass is 251 g/mol. The molecule has 0 bridgehead atoms. The van der Waals surface area contributed by atoms with E-state index in [9.17, 15) is 4.79 Å². The molecule has 94 valence electrons. The summed E-state index contributed by atoms with van der Waals surface area (Å²) >= 11 is 0. The minimum absolute atomic E-state index is 0.665. The molecule has 0 unspecified atom stereocenters. The quantitative estimate of drug-likeness (QED) is 0.667. The third-order valence-corrected chi connectivity index (χ3v) is 3.20. The van der Waals surface area contributed by atoms with E-state index in [4.69, 9.17) is 4.74 Å². The molecule has 0 amide bonds. The molecule has 1 heterocycles. The van der Waals surface area contributed by atoms with Crippen LogP contribution in [0.15, 0.2) is 54.7 Å². The van der Waals surface area contributed by atoms with E-state index >= 15 is 0 Å². The van der Waals surface area contributed by atoms with Gasteiger partial charge in [-0.05, 0) is 30.3 Å². The lowest BCUT2D eigenvalue weighted by molar-refractivity contribution is 0.112. The second kappa shape index (κ2) is 4.61. The van der Waals surface area contributed by atoms with E-state index in [1.54, 1.807) is 7.11 Å². The van der Waals surface area contributed by atoms with Crippen LogP contribution in [0.3, 0.4) is 0 Å². The molecule has 0 atom stereocenters. The molecule has 0 aliphatic heterocycles. The van der Waals surface area contributed by atoms with Gasteiger partial charge in [-0.2, -0.15) is 0 Å². The fraction of sp³-hybridized carbons (Fsp3) is 0.0625. The zero-order chi connectivity index (χ0) is 13.2. The number of benzene rings is 2. The molecule has 0 spiro atoms.